The molecule has 12 aromatic rings. The SMILES string of the molecule is CC(C)c1cc2c(-c3cccc(C[SiH](C)C)c3)cc3oc4cc(/C(=N\c5ccccc5)c5ccccc5)ccc4c3c2c2c1cc(-c1ccccc1)c1c3cc(-c4ccccc4)ccc3oc12. The fraction of sp³-hybridized carbons (Fsp3) is 0.0952. The minimum Gasteiger partial charge on any atom is -0.456 e. The predicted octanol–water partition coefficient (Wildman–Crippen LogP) is 17.7. The van der Waals surface area contributed by atoms with Crippen molar-refractivity contribution in [1.29, 1.82) is 0 Å². The molecule has 0 spiro atoms. The maximum absolute atomic E-state index is 7.32. The van der Waals surface area contributed by atoms with Gasteiger partial charge in [0.2, 0.25) is 0 Å². The van der Waals surface area contributed by atoms with E-state index in [0.29, 0.717) is 0 Å². The molecular formula is C63H49NO2Si. The molecule has 322 valence electrons. The van der Waals surface area contributed by atoms with E-state index in [1.807, 2.05) is 24.3 Å². The molecule has 0 fully saturated rings. The van der Waals surface area contributed by atoms with Crippen molar-refractivity contribution in [3.63, 3.8) is 0 Å². The summed E-state index contributed by atoms with van der Waals surface area (Å²) in [6, 6.07) is 73.0. The molecule has 3 nitrogen and oxygen atoms in total. The Bertz CT molecular complexity index is 3870. The molecule has 10 aromatic carbocycles. The molecule has 0 bridgehead atoms. The van der Waals surface area contributed by atoms with Crippen LogP contribution in [0.25, 0.3) is 98.8 Å². The van der Waals surface area contributed by atoms with Gasteiger partial charge >= 0.3 is 0 Å². The van der Waals surface area contributed by atoms with Gasteiger partial charge < -0.3 is 8.83 Å². The highest BCUT2D eigenvalue weighted by molar-refractivity contribution is 6.55. The fourth-order valence-corrected chi connectivity index (χ4v) is 11.6. The topological polar surface area (TPSA) is 38.6 Å². The van der Waals surface area contributed by atoms with Gasteiger partial charge in [0, 0.05) is 52.2 Å². The molecule has 12 rings (SSSR count). The molecule has 0 saturated carbocycles. The third kappa shape index (κ3) is 7.16. The van der Waals surface area contributed by atoms with Gasteiger partial charge in [-0.25, -0.2) is 4.99 Å². The van der Waals surface area contributed by atoms with E-state index in [0.717, 1.165) is 99.9 Å². The lowest BCUT2D eigenvalue weighted by molar-refractivity contribution is 0.669. The lowest BCUT2D eigenvalue weighted by atomic mass is 9.84. The molecule has 4 heteroatoms. The first-order chi connectivity index (χ1) is 32.9. The van der Waals surface area contributed by atoms with Gasteiger partial charge in [-0.05, 0) is 116 Å². The van der Waals surface area contributed by atoms with Gasteiger partial charge in [-0.2, -0.15) is 0 Å². The molecule has 0 N–H and O–H groups in total. The van der Waals surface area contributed by atoms with Gasteiger partial charge in [0.05, 0.1) is 11.4 Å². The number of hydrogen-bond donors (Lipinski definition) is 0. The van der Waals surface area contributed by atoms with Crippen LogP contribution in [0.5, 0.6) is 0 Å². The number of rotatable bonds is 9. The summed E-state index contributed by atoms with van der Waals surface area (Å²) in [5.74, 6) is 0.229. The minimum absolute atomic E-state index is 0.229. The fourth-order valence-electron chi connectivity index (χ4n) is 10.4. The number of para-hydroxylation sites is 1. The smallest absolute Gasteiger partial charge is 0.144 e. The summed E-state index contributed by atoms with van der Waals surface area (Å²) in [5.41, 5.74) is 17.0. The van der Waals surface area contributed by atoms with Gasteiger partial charge in [0.15, 0.2) is 0 Å². The van der Waals surface area contributed by atoms with E-state index in [1.165, 1.54) is 38.6 Å². The van der Waals surface area contributed by atoms with Crippen LogP contribution in [0.2, 0.25) is 13.1 Å². The zero-order chi connectivity index (χ0) is 45.2. The molecule has 0 atom stereocenters. The van der Waals surface area contributed by atoms with Crippen LogP contribution >= 0.6 is 0 Å². The zero-order valence-electron chi connectivity index (χ0n) is 38.2. The summed E-state index contributed by atoms with van der Waals surface area (Å²) in [7, 11) is -0.875. The van der Waals surface area contributed by atoms with Crippen molar-refractivity contribution < 1.29 is 8.83 Å². The zero-order valence-corrected chi connectivity index (χ0v) is 39.3. The third-order valence-electron chi connectivity index (χ3n) is 13.4. The first kappa shape index (κ1) is 40.7. The summed E-state index contributed by atoms with van der Waals surface area (Å²) >= 11 is 0. The van der Waals surface area contributed by atoms with Crippen LogP contribution in [-0.2, 0) is 6.04 Å². The molecule has 0 aliphatic rings. The van der Waals surface area contributed by atoms with Crippen LogP contribution < -0.4 is 0 Å². The minimum atomic E-state index is -0.875. The lowest BCUT2D eigenvalue weighted by Gasteiger charge is -2.19. The van der Waals surface area contributed by atoms with Crippen molar-refractivity contribution in [1.82, 2.24) is 0 Å². The Morgan fingerprint density at radius 3 is 1.88 bits per heavy atom. The van der Waals surface area contributed by atoms with Gasteiger partial charge in [0.1, 0.15) is 22.3 Å². The number of aliphatic imine (C=N–C) groups is 1. The predicted molar refractivity (Wildman–Crippen MR) is 287 cm³/mol. The second-order valence-electron chi connectivity index (χ2n) is 18.7. The highest BCUT2D eigenvalue weighted by atomic mass is 28.3. The Labute approximate surface area is 392 Å². The van der Waals surface area contributed by atoms with E-state index < -0.39 is 8.80 Å². The Morgan fingerprint density at radius 1 is 0.448 bits per heavy atom. The third-order valence-corrected chi connectivity index (χ3v) is 14.7. The van der Waals surface area contributed by atoms with E-state index in [-0.39, 0.29) is 5.92 Å². The second-order valence-corrected chi connectivity index (χ2v) is 21.9. The van der Waals surface area contributed by atoms with E-state index in [9.17, 15) is 0 Å². The van der Waals surface area contributed by atoms with Crippen molar-refractivity contribution in [2.24, 2.45) is 4.99 Å². The molecule has 0 unspecified atom stereocenters. The van der Waals surface area contributed by atoms with Crippen LogP contribution in [0.15, 0.2) is 214 Å². The number of fused-ring (bicyclic) bond motifs is 11. The van der Waals surface area contributed by atoms with Crippen molar-refractivity contribution in [3.8, 4) is 33.4 Å². The molecule has 2 aromatic heterocycles. The number of nitrogens with zero attached hydrogens (tertiary/aromatic N) is 1. The van der Waals surface area contributed by atoms with Crippen molar-refractivity contribution in [2.45, 2.75) is 38.9 Å². The first-order valence-electron chi connectivity index (χ1n) is 23.5. The van der Waals surface area contributed by atoms with E-state index in [4.69, 9.17) is 13.8 Å². The number of hydrogen-bond acceptors (Lipinski definition) is 3. The van der Waals surface area contributed by atoms with Crippen LogP contribution in [0.1, 0.15) is 42.0 Å². The molecule has 0 aliphatic carbocycles. The lowest BCUT2D eigenvalue weighted by Crippen LogP contribution is -2.05. The summed E-state index contributed by atoms with van der Waals surface area (Å²) in [5, 5.41) is 9.03. The van der Waals surface area contributed by atoms with Gasteiger partial charge in [0.25, 0.3) is 0 Å². The van der Waals surface area contributed by atoms with Crippen LogP contribution in [0, 0.1) is 0 Å². The van der Waals surface area contributed by atoms with Crippen molar-refractivity contribution in [2.75, 3.05) is 0 Å². The first-order valence-corrected chi connectivity index (χ1v) is 26.7. The molecule has 67 heavy (non-hydrogen) atoms. The monoisotopic (exact) mass is 879 g/mol. The molecule has 0 amide bonds. The Hall–Kier alpha value is -7.79. The Kier molecular flexibility index (Phi) is 10.1. The maximum atomic E-state index is 7.32. The largest absolute Gasteiger partial charge is 0.456 e. The molecule has 0 saturated heterocycles. The van der Waals surface area contributed by atoms with E-state index in [2.05, 4.69) is 203 Å². The molecule has 0 aliphatic heterocycles. The molecule has 2 heterocycles. The highest BCUT2D eigenvalue weighted by Gasteiger charge is 2.26. The summed E-state index contributed by atoms with van der Waals surface area (Å²) in [4.78, 5) is 5.24. The van der Waals surface area contributed by atoms with Gasteiger partial charge in [-0.1, -0.05) is 178 Å². The second kappa shape index (κ2) is 16.6. The average molecular weight is 880 g/mol. The average Bonchev–Trinajstić information content (AvgIpc) is 3.94. The van der Waals surface area contributed by atoms with Gasteiger partial charge in [-0.15, -0.1) is 0 Å². The van der Waals surface area contributed by atoms with Crippen LogP contribution in [-0.4, -0.2) is 14.5 Å². The molecular weight excluding hydrogens is 831 g/mol. The standard InChI is InChI=1S/C63H49NO2Si/c1-39(2)49-35-53-50(45-25-17-18-40(32-45)38-67(3)4)37-57-59(48-30-28-46(34-56(48)65-57)62(43-23-13-7-14-24-43)64-47-26-15-8-16-27-47)60(53)61-52(49)36-51(42-21-11-6-12-22-42)58-54-33-44(41-19-9-5-10-20-41)29-31-55(54)66-63(58)61/h5-37,39,67H,38H2,1-4H3/b64-62-. The summed E-state index contributed by atoms with van der Waals surface area (Å²) in [6.45, 7) is 9.49. The van der Waals surface area contributed by atoms with Crippen LogP contribution in [0.3, 0.4) is 0 Å². The van der Waals surface area contributed by atoms with Crippen LogP contribution in [0.4, 0.5) is 5.69 Å². The van der Waals surface area contributed by atoms with Crippen molar-refractivity contribution >= 4 is 85.6 Å². The normalized spacial score (nSPS) is 12.3. The van der Waals surface area contributed by atoms with E-state index >= 15 is 0 Å². The Balaban J connectivity index is 1.24. The highest BCUT2D eigenvalue weighted by Crippen LogP contribution is 2.51. The summed E-state index contributed by atoms with van der Waals surface area (Å²) in [6.07, 6.45) is 0. The molecule has 0 radical (unpaired) electrons. The Morgan fingerprint density at radius 2 is 1.15 bits per heavy atom. The maximum Gasteiger partial charge on any atom is 0.144 e. The van der Waals surface area contributed by atoms with Gasteiger partial charge in [-0.3, -0.25) is 0 Å². The number of furan rings is 2. The summed E-state index contributed by atoms with van der Waals surface area (Å²) < 4.78 is 14.5. The van der Waals surface area contributed by atoms with Crippen molar-refractivity contribution in [3.05, 3.63) is 222 Å². The van der Waals surface area contributed by atoms with E-state index in [1.54, 1.807) is 0 Å². The quantitative estimate of drug-likeness (QED) is 0.0823. The number of benzene rings is 10.